The summed E-state index contributed by atoms with van der Waals surface area (Å²) in [6.45, 7) is 2.06. The molecule has 94 valence electrons. The molecule has 0 saturated carbocycles. The molecule has 1 aliphatic rings. The van der Waals surface area contributed by atoms with E-state index in [0.717, 1.165) is 36.8 Å². The van der Waals surface area contributed by atoms with Crippen LogP contribution in [-0.2, 0) is 0 Å². The average molecular weight is 244 g/mol. The first-order valence-corrected chi connectivity index (χ1v) is 6.09. The standard InChI is InChI=1S/C12H16N6/c1-3-13-6-9(1)17-11-5-12(16-8-15-11)18-10-2-4-14-7-10/h1,3,5-6,8,10,13-14H,2,4,7H2,(H2,15,16,17,18). The van der Waals surface area contributed by atoms with Gasteiger partial charge in [0, 0.05) is 31.0 Å². The Kier molecular flexibility index (Phi) is 3.10. The normalized spacial score (nSPS) is 18.8. The van der Waals surface area contributed by atoms with Crippen LogP contribution in [0.25, 0.3) is 0 Å². The molecule has 6 nitrogen and oxygen atoms in total. The van der Waals surface area contributed by atoms with Crippen molar-refractivity contribution in [2.24, 2.45) is 0 Å². The highest BCUT2D eigenvalue weighted by molar-refractivity contribution is 5.58. The van der Waals surface area contributed by atoms with Gasteiger partial charge in [-0.05, 0) is 19.0 Å². The lowest BCUT2D eigenvalue weighted by Crippen LogP contribution is -2.22. The molecule has 3 heterocycles. The first-order valence-electron chi connectivity index (χ1n) is 6.09. The minimum absolute atomic E-state index is 0.458. The molecule has 6 heteroatoms. The van der Waals surface area contributed by atoms with Crippen LogP contribution in [0.1, 0.15) is 6.42 Å². The maximum absolute atomic E-state index is 4.23. The van der Waals surface area contributed by atoms with Gasteiger partial charge >= 0.3 is 0 Å². The quantitative estimate of drug-likeness (QED) is 0.652. The highest BCUT2D eigenvalue weighted by Gasteiger charge is 2.14. The summed E-state index contributed by atoms with van der Waals surface area (Å²) >= 11 is 0. The second-order valence-electron chi connectivity index (χ2n) is 4.35. The summed E-state index contributed by atoms with van der Waals surface area (Å²) in [6, 6.07) is 4.33. The molecule has 18 heavy (non-hydrogen) atoms. The number of aromatic nitrogens is 3. The molecule has 2 aromatic heterocycles. The predicted molar refractivity (Wildman–Crippen MR) is 71.0 cm³/mol. The number of hydrogen-bond donors (Lipinski definition) is 4. The van der Waals surface area contributed by atoms with E-state index in [1.165, 1.54) is 0 Å². The average Bonchev–Trinajstić information content (AvgIpc) is 3.03. The SMILES string of the molecule is c1nc(Nc2cc[nH]c2)cc(NC2CCNC2)n1. The van der Waals surface area contributed by atoms with Gasteiger partial charge in [-0.1, -0.05) is 0 Å². The van der Waals surface area contributed by atoms with Gasteiger partial charge in [0.1, 0.15) is 18.0 Å². The Balaban J connectivity index is 1.68. The van der Waals surface area contributed by atoms with Crippen molar-refractivity contribution in [3.05, 3.63) is 30.9 Å². The molecule has 3 rings (SSSR count). The van der Waals surface area contributed by atoms with Crippen LogP contribution in [0.4, 0.5) is 17.3 Å². The molecule has 1 aliphatic heterocycles. The summed E-state index contributed by atoms with van der Waals surface area (Å²) < 4.78 is 0. The van der Waals surface area contributed by atoms with Crippen molar-refractivity contribution in [2.45, 2.75) is 12.5 Å². The Bertz CT molecular complexity index is 489. The largest absolute Gasteiger partial charge is 0.366 e. The number of rotatable bonds is 4. The Morgan fingerprint density at radius 1 is 1.28 bits per heavy atom. The number of nitrogens with one attached hydrogen (secondary N) is 4. The van der Waals surface area contributed by atoms with Crippen molar-refractivity contribution in [1.29, 1.82) is 0 Å². The van der Waals surface area contributed by atoms with Crippen molar-refractivity contribution < 1.29 is 0 Å². The molecule has 1 saturated heterocycles. The molecule has 2 aromatic rings. The molecule has 0 spiro atoms. The van der Waals surface area contributed by atoms with Crippen molar-refractivity contribution in [3.8, 4) is 0 Å². The third kappa shape index (κ3) is 2.60. The van der Waals surface area contributed by atoms with E-state index in [2.05, 4.69) is 30.9 Å². The van der Waals surface area contributed by atoms with E-state index in [9.17, 15) is 0 Å². The maximum Gasteiger partial charge on any atom is 0.135 e. The molecule has 0 aliphatic carbocycles. The van der Waals surface area contributed by atoms with Crippen LogP contribution in [0.15, 0.2) is 30.9 Å². The van der Waals surface area contributed by atoms with Crippen molar-refractivity contribution in [2.75, 3.05) is 23.7 Å². The smallest absolute Gasteiger partial charge is 0.135 e. The highest BCUT2D eigenvalue weighted by Crippen LogP contribution is 2.16. The third-order valence-corrected chi connectivity index (χ3v) is 2.95. The van der Waals surface area contributed by atoms with E-state index in [0.29, 0.717) is 6.04 Å². The van der Waals surface area contributed by atoms with E-state index in [4.69, 9.17) is 0 Å². The fourth-order valence-corrected chi connectivity index (χ4v) is 2.04. The zero-order chi connectivity index (χ0) is 12.2. The van der Waals surface area contributed by atoms with E-state index in [1.54, 1.807) is 6.33 Å². The van der Waals surface area contributed by atoms with E-state index in [-0.39, 0.29) is 0 Å². The van der Waals surface area contributed by atoms with Crippen LogP contribution in [0.3, 0.4) is 0 Å². The van der Waals surface area contributed by atoms with Gasteiger partial charge in [-0.2, -0.15) is 0 Å². The zero-order valence-corrected chi connectivity index (χ0v) is 9.98. The second kappa shape index (κ2) is 5.05. The summed E-state index contributed by atoms with van der Waals surface area (Å²) in [5, 5.41) is 9.93. The molecule has 4 N–H and O–H groups in total. The Morgan fingerprint density at radius 3 is 3.00 bits per heavy atom. The molecular weight excluding hydrogens is 228 g/mol. The molecule has 0 radical (unpaired) electrons. The predicted octanol–water partition coefficient (Wildman–Crippen LogP) is 1.32. The molecule has 0 amide bonds. The highest BCUT2D eigenvalue weighted by atomic mass is 15.1. The number of H-pyrrole nitrogens is 1. The van der Waals surface area contributed by atoms with Gasteiger partial charge in [0.05, 0.1) is 5.69 Å². The lowest BCUT2D eigenvalue weighted by molar-refractivity contribution is 0.787. The summed E-state index contributed by atoms with van der Waals surface area (Å²) in [7, 11) is 0. The van der Waals surface area contributed by atoms with E-state index in [1.807, 2.05) is 24.5 Å². The first-order chi connectivity index (χ1) is 8.90. The summed E-state index contributed by atoms with van der Waals surface area (Å²) in [6.07, 6.45) is 6.45. The van der Waals surface area contributed by atoms with Gasteiger partial charge in [-0.3, -0.25) is 0 Å². The second-order valence-corrected chi connectivity index (χ2v) is 4.35. The van der Waals surface area contributed by atoms with Crippen LogP contribution in [0.2, 0.25) is 0 Å². The minimum Gasteiger partial charge on any atom is -0.366 e. The number of anilines is 3. The summed E-state index contributed by atoms with van der Waals surface area (Å²) in [5.41, 5.74) is 0.988. The summed E-state index contributed by atoms with van der Waals surface area (Å²) in [5.74, 6) is 1.65. The summed E-state index contributed by atoms with van der Waals surface area (Å²) in [4.78, 5) is 11.4. The molecule has 1 unspecified atom stereocenters. The van der Waals surface area contributed by atoms with E-state index >= 15 is 0 Å². The molecule has 1 atom stereocenters. The fourth-order valence-electron chi connectivity index (χ4n) is 2.04. The molecular formula is C12H16N6. The van der Waals surface area contributed by atoms with Crippen LogP contribution < -0.4 is 16.0 Å². The Hall–Kier alpha value is -2.08. The number of aromatic amines is 1. The Morgan fingerprint density at radius 2 is 2.22 bits per heavy atom. The number of nitrogens with zero attached hydrogens (tertiary/aromatic N) is 2. The lowest BCUT2D eigenvalue weighted by atomic mass is 10.2. The van der Waals surface area contributed by atoms with Crippen molar-refractivity contribution in [1.82, 2.24) is 20.3 Å². The van der Waals surface area contributed by atoms with E-state index < -0.39 is 0 Å². The third-order valence-electron chi connectivity index (χ3n) is 2.95. The van der Waals surface area contributed by atoms with Crippen LogP contribution in [0, 0.1) is 0 Å². The maximum atomic E-state index is 4.23. The van der Waals surface area contributed by atoms with Gasteiger partial charge in [-0.25, -0.2) is 9.97 Å². The first kappa shape index (κ1) is 11.0. The monoisotopic (exact) mass is 244 g/mol. The molecule has 0 bridgehead atoms. The fraction of sp³-hybridized carbons (Fsp3) is 0.333. The minimum atomic E-state index is 0.458. The van der Waals surface area contributed by atoms with Gasteiger partial charge in [0.2, 0.25) is 0 Å². The van der Waals surface area contributed by atoms with Crippen LogP contribution in [0.5, 0.6) is 0 Å². The van der Waals surface area contributed by atoms with Crippen LogP contribution in [-0.4, -0.2) is 34.1 Å². The van der Waals surface area contributed by atoms with Gasteiger partial charge < -0.3 is 20.9 Å². The van der Waals surface area contributed by atoms with Crippen LogP contribution >= 0.6 is 0 Å². The van der Waals surface area contributed by atoms with Gasteiger partial charge in [0.25, 0.3) is 0 Å². The Labute approximate surface area is 105 Å². The zero-order valence-electron chi connectivity index (χ0n) is 9.98. The van der Waals surface area contributed by atoms with Gasteiger partial charge in [0.15, 0.2) is 0 Å². The van der Waals surface area contributed by atoms with Gasteiger partial charge in [-0.15, -0.1) is 0 Å². The molecule has 1 fully saturated rings. The number of hydrogen-bond acceptors (Lipinski definition) is 5. The molecule has 0 aromatic carbocycles. The van der Waals surface area contributed by atoms with Crippen molar-refractivity contribution in [3.63, 3.8) is 0 Å². The topological polar surface area (TPSA) is 77.7 Å². The lowest BCUT2D eigenvalue weighted by Gasteiger charge is -2.12. The van der Waals surface area contributed by atoms with Crippen molar-refractivity contribution >= 4 is 17.3 Å².